The second-order valence-electron chi connectivity index (χ2n) is 8.36. The van der Waals surface area contributed by atoms with Crippen LogP contribution in [0.5, 0.6) is 0 Å². The molecule has 0 spiro atoms. The van der Waals surface area contributed by atoms with Gasteiger partial charge in [-0.15, -0.1) is 0 Å². The van der Waals surface area contributed by atoms with Gasteiger partial charge in [0.15, 0.2) is 0 Å². The van der Waals surface area contributed by atoms with Gasteiger partial charge in [-0.3, -0.25) is 0 Å². The van der Waals surface area contributed by atoms with Crippen molar-refractivity contribution in [1.29, 1.82) is 0 Å². The van der Waals surface area contributed by atoms with Crippen molar-refractivity contribution in [1.82, 2.24) is 0 Å². The van der Waals surface area contributed by atoms with Crippen LogP contribution in [0.1, 0.15) is 27.8 Å². The Labute approximate surface area is 191 Å². The molecule has 0 nitrogen and oxygen atoms in total. The van der Waals surface area contributed by atoms with Gasteiger partial charge in [0.2, 0.25) is 0 Å². The van der Waals surface area contributed by atoms with E-state index >= 15 is 0 Å². The van der Waals surface area contributed by atoms with Gasteiger partial charge in [-0.1, -0.05) is 125 Å². The number of halogens is 1. The van der Waals surface area contributed by atoms with Gasteiger partial charge in [-0.25, -0.2) is 0 Å². The minimum atomic E-state index is -0.355. The molecule has 31 heavy (non-hydrogen) atoms. The van der Waals surface area contributed by atoms with Crippen molar-refractivity contribution in [3.05, 3.63) is 141 Å². The lowest BCUT2D eigenvalue weighted by atomic mass is 9.67. The van der Waals surface area contributed by atoms with Crippen LogP contribution in [0.15, 0.2) is 114 Å². The van der Waals surface area contributed by atoms with E-state index in [1.807, 2.05) is 0 Å². The fourth-order valence-electron chi connectivity index (χ4n) is 5.41. The normalized spacial score (nSPS) is 13.7. The van der Waals surface area contributed by atoms with Crippen molar-refractivity contribution < 1.29 is 0 Å². The minimum absolute atomic E-state index is 0.355. The molecule has 5 aromatic rings. The van der Waals surface area contributed by atoms with Crippen molar-refractivity contribution in [3.8, 4) is 11.1 Å². The summed E-state index contributed by atoms with van der Waals surface area (Å²) in [5, 5.41) is 2.55. The van der Waals surface area contributed by atoms with E-state index in [-0.39, 0.29) is 5.41 Å². The summed E-state index contributed by atoms with van der Waals surface area (Å²) < 4.78 is 1.14. The fourth-order valence-corrected chi connectivity index (χ4v) is 5.99. The maximum atomic E-state index is 3.91. The molecule has 1 heteroatoms. The van der Waals surface area contributed by atoms with E-state index in [2.05, 4.69) is 132 Å². The van der Waals surface area contributed by atoms with Gasteiger partial charge in [-0.2, -0.15) is 0 Å². The lowest BCUT2D eigenvalue weighted by Gasteiger charge is -2.34. The number of hydrogen-bond donors (Lipinski definition) is 0. The zero-order valence-corrected chi connectivity index (χ0v) is 18.9. The fraction of sp³-hybridized carbons (Fsp3) is 0.0667. The van der Waals surface area contributed by atoms with Gasteiger partial charge in [0.05, 0.1) is 5.41 Å². The zero-order valence-electron chi connectivity index (χ0n) is 17.3. The van der Waals surface area contributed by atoms with Gasteiger partial charge in [0, 0.05) is 4.47 Å². The molecule has 5 aromatic carbocycles. The van der Waals surface area contributed by atoms with E-state index in [0.717, 1.165) is 4.47 Å². The van der Waals surface area contributed by atoms with E-state index in [4.69, 9.17) is 0 Å². The molecule has 0 aliphatic heterocycles. The lowest BCUT2D eigenvalue weighted by Crippen LogP contribution is -2.28. The Bertz CT molecular complexity index is 1390. The largest absolute Gasteiger partial charge is 0.0714 e. The molecular weight excluding hydrogens is 440 g/mol. The Morgan fingerprint density at radius 1 is 0.581 bits per heavy atom. The maximum Gasteiger partial charge on any atom is 0.0714 e. The molecule has 0 fully saturated rings. The number of benzene rings is 5. The van der Waals surface area contributed by atoms with Gasteiger partial charge < -0.3 is 0 Å². The van der Waals surface area contributed by atoms with E-state index < -0.39 is 0 Å². The third kappa shape index (κ3) is 2.53. The molecular formula is C30H21Br. The van der Waals surface area contributed by atoms with E-state index in [9.17, 15) is 0 Å². The van der Waals surface area contributed by atoms with Gasteiger partial charge >= 0.3 is 0 Å². The predicted octanol–water partition coefficient (Wildman–Crippen LogP) is 8.27. The summed E-state index contributed by atoms with van der Waals surface area (Å²) >= 11 is 3.91. The molecule has 0 saturated heterocycles. The molecule has 0 unspecified atom stereocenters. The number of aryl methyl sites for hydroxylation is 1. The summed E-state index contributed by atoms with van der Waals surface area (Å²) in [5.41, 5.74) is 8.91. The van der Waals surface area contributed by atoms with Gasteiger partial charge in [0.25, 0.3) is 0 Å². The summed E-state index contributed by atoms with van der Waals surface area (Å²) in [5.74, 6) is 0. The van der Waals surface area contributed by atoms with E-state index in [1.54, 1.807) is 0 Å². The second kappa shape index (κ2) is 6.93. The van der Waals surface area contributed by atoms with E-state index in [1.165, 1.54) is 49.7 Å². The summed E-state index contributed by atoms with van der Waals surface area (Å²) in [7, 11) is 0. The van der Waals surface area contributed by atoms with Gasteiger partial charge in [0.1, 0.15) is 0 Å². The molecule has 0 bridgehead atoms. The van der Waals surface area contributed by atoms with Crippen LogP contribution in [0, 0.1) is 6.92 Å². The highest BCUT2D eigenvalue weighted by Crippen LogP contribution is 2.58. The summed E-state index contributed by atoms with van der Waals surface area (Å²) in [6.45, 7) is 2.19. The smallest absolute Gasteiger partial charge is 0.0622 e. The third-order valence-corrected chi connectivity index (χ3v) is 7.32. The highest BCUT2D eigenvalue weighted by atomic mass is 79.9. The highest BCUT2D eigenvalue weighted by molar-refractivity contribution is 9.10. The molecule has 0 amide bonds. The summed E-state index contributed by atoms with van der Waals surface area (Å²) in [6.07, 6.45) is 0. The van der Waals surface area contributed by atoms with Gasteiger partial charge in [-0.05, 0) is 57.1 Å². The molecule has 148 valence electrons. The number of fused-ring (bicyclic) bond motifs is 5. The molecule has 0 aromatic heterocycles. The molecule has 6 rings (SSSR count). The first-order valence-corrected chi connectivity index (χ1v) is 11.4. The van der Waals surface area contributed by atoms with Crippen LogP contribution >= 0.6 is 15.9 Å². The summed E-state index contributed by atoms with van der Waals surface area (Å²) in [4.78, 5) is 0. The monoisotopic (exact) mass is 460 g/mol. The molecule has 0 radical (unpaired) electrons. The van der Waals surface area contributed by atoms with Crippen LogP contribution in [-0.2, 0) is 5.41 Å². The average molecular weight is 461 g/mol. The molecule has 0 saturated carbocycles. The first-order chi connectivity index (χ1) is 15.2. The Hall–Kier alpha value is -3.16. The van der Waals surface area contributed by atoms with Crippen molar-refractivity contribution >= 4 is 26.7 Å². The van der Waals surface area contributed by atoms with Crippen molar-refractivity contribution in [3.63, 3.8) is 0 Å². The Morgan fingerprint density at radius 3 is 1.81 bits per heavy atom. The molecule has 0 heterocycles. The Kier molecular flexibility index (Phi) is 4.16. The molecule has 1 aliphatic rings. The average Bonchev–Trinajstić information content (AvgIpc) is 3.10. The van der Waals surface area contributed by atoms with Crippen LogP contribution < -0.4 is 0 Å². The lowest BCUT2D eigenvalue weighted by molar-refractivity contribution is 0.767. The quantitative estimate of drug-likeness (QED) is 0.243. The second-order valence-corrected chi connectivity index (χ2v) is 9.21. The predicted molar refractivity (Wildman–Crippen MR) is 134 cm³/mol. The summed E-state index contributed by atoms with van der Waals surface area (Å²) in [6, 6.07) is 40.0. The van der Waals surface area contributed by atoms with Crippen molar-refractivity contribution in [2.24, 2.45) is 0 Å². The molecule has 1 aliphatic carbocycles. The molecule has 0 N–H and O–H groups in total. The first-order valence-electron chi connectivity index (χ1n) is 10.7. The Morgan fingerprint density at radius 2 is 1.16 bits per heavy atom. The van der Waals surface area contributed by atoms with Crippen LogP contribution in [-0.4, -0.2) is 0 Å². The zero-order chi connectivity index (χ0) is 21.0. The van der Waals surface area contributed by atoms with Crippen LogP contribution in [0.4, 0.5) is 0 Å². The third-order valence-electron chi connectivity index (χ3n) is 6.66. The number of hydrogen-bond acceptors (Lipinski definition) is 0. The van der Waals surface area contributed by atoms with Crippen LogP contribution in [0.25, 0.3) is 21.9 Å². The topological polar surface area (TPSA) is 0 Å². The Balaban J connectivity index is 1.88. The SMILES string of the molecule is Cc1ccc2c(c1)C(c1ccccc1)(c1ccccc1)c1cc(Br)c3ccccc3c1-2. The standard InChI is InChI=1S/C30H21Br/c1-20-16-17-25-26(18-20)30(21-10-4-2-5-11-21,22-12-6-3-7-13-22)27-19-28(31)23-14-8-9-15-24(23)29(25)27/h2-19H,1H3. The highest BCUT2D eigenvalue weighted by Gasteiger charge is 2.46. The minimum Gasteiger partial charge on any atom is -0.0622 e. The van der Waals surface area contributed by atoms with Crippen molar-refractivity contribution in [2.45, 2.75) is 12.3 Å². The van der Waals surface area contributed by atoms with Crippen LogP contribution in [0.3, 0.4) is 0 Å². The first kappa shape index (κ1) is 18.6. The van der Waals surface area contributed by atoms with Crippen molar-refractivity contribution in [2.75, 3.05) is 0 Å². The van der Waals surface area contributed by atoms with E-state index in [0.29, 0.717) is 0 Å². The molecule has 0 atom stereocenters. The van der Waals surface area contributed by atoms with Crippen LogP contribution in [0.2, 0.25) is 0 Å². The number of rotatable bonds is 2. The maximum absolute atomic E-state index is 3.91.